The first-order valence-electron chi connectivity index (χ1n) is 4.54. The molecule has 0 unspecified atom stereocenters. The molecule has 0 aliphatic carbocycles. The molecule has 2 heteroatoms. The first-order valence-corrected chi connectivity index (χ1v) is 4.54. The minimum atomic E-state index is 0. The van der Waals surface area contributed by atoms with E-state index in [9.17, 15) is 5.11 Å². The molecule has 0 aromatic heterocycles. The molecule has 0 atom stereocenters. The maximum absolute atomic E-state index is 9.37. The number of hydrogen-bond donors (Lipinski definition) is 1. The molecule has 1 N–H and O–H groups in total. The maximum Gasteiger partial charge on any atom is 0.123 e. The van der Waals surface area contributed by atoms with E-state index in [1.165, 1.54) is 0 Å². The number of fused-ring (bicyclic) bond motifs is 1. The molecule has 0 aliphatic heterocycles. The molecule has 0 fully saturated rings. The van der Waals surface area contributed by atoms with E-state index < -0.39 is 0 Å². The first-order chi connectivity index (χ1) is 6.38. The summed E-state index contributed by atoms with van der Waals surface area (Å²) in [5.74, 6) is 0.350. The van der Waals surface area contributed by atoms with E-state index in [1.807, 2.05) is 50.2 Å². The van der Waals surface area contributed by atoms with Crippen LogP contribution >= 0.6 is 0 Å². The molecule has 0 saturated heterocycles. The normalized spacial score (nSPS) is 8.43. The fourth-order valence-corrected chi connectivity index (χ4v) is 1.21. The average molecular weight is 412 g/mol. The van der Waals surface area contributed by atoms with E-state index in [0.29, 0.717) is 5.75 Å². The summed E-state index contributed by atoms with van der Waals surface area (Å²) in [4.78, 5) is 0. The number of aromatic hydroxyl groups is 1. The third kappa shape index (κ3) is 3.05. The number of rotatable bonds is 0. The van der Waals surface area contributed by atoms with Crippen LogP contribution in [0.4, 0.5) is 0 Å². The van der Waals surface area contributed by atoms with Gasteiger partial charge in [-0.25, -0.2) is 0 Å². The molecule has 1 nitrogen and oxygen atoms in total. The van der Waals surface area contributed by atoms with Crippen LogP contribution in [0.15, 0.2) is 42.5 Å². The second-order valence-electron chi connectivity index (χ2n) is 2.50. The molecule has 0 amide bonds. The minimum absolute atomic E-state index is 0. The first kappa shape index (κ1) is 13.6. The fourth-order valence-electron chi connectivity index (χ4n) is 1.21. The van der Waals surface area contributed by atoms with Crippen LogP contribution in [0.2, 0.25) is 0 Å². The summed E-state index contributed by atoms with van der Waals surface area (Å²) < 4.78 is 0. The van der Waals surface area contributed by atoms with Crippen LogP contribution in [-0.4, -0.2) is 5.11 Å². The van der Waals surface area contributed by atoms with E-state index in [1.54, 1.807) is 6.07 Å². The monoisotopic (exact) mass is 412 g/mol. The number of benzene rings is 2. The van der Waals surface area contributed by atoms with Gasteiger partial charge in [0.15, 0.2) is 0 Å². The van der Waals surface area contributed by atoms with Crippen LogP contribution < -0.4 is 0 Å². The van der Waals surface area contributed by atoms with Crippen LogP contribution in [0.25, 0.3) is 10.8 Å². The Kier molecular flexibility index (Phi) is 6.70. The van der Waals surface area contributed by atoms with Gasteiger partial charge in [0, 0.05) is 36.5 Å². The van der Waals surface area contributed by atoms with Gasteiger partial charge in [-0.3, -0.25) is 0 Å². The predicted octanol–water partition coefficient (Wildman–Crippen LogP) is 3.57. The van der Waals surface area contributed by atoms with Crippen molar-refractivity contribution < 1.29 is 36.2 Å². The van der Waals surface area contributed by atoms with Crippen molar-refractivity contribution in [2.75, 3.05) is 0 Å². The molecule has 0 spiro atoms. The largest absolute Gasteiger partial charge is 0.507 e. The van der Waals surface area contributed by atoms with E-state index in [-0.39, 0.29) is 31.1 Å². The van der Waals surface area contributed by atoms with Crippen molar-refractivity contribution in [1.29, 1.82) is 0 Å². The van der Waals surface area contributed by atoms with Crippen LogP contribution in [-0.2, 0) is 0 Å². The van der Waals surface area contributed by atoms with Crippen molar-refractivity contribution in [3.8, 4) is 5.75 Å². The molecule has 2 aromatic carbocycles. The molecule has 2 rings (SSSR count). The molecule has 72 valence electrons. The Labute approximate surface area is 109 Å². The maximum atomic E-state index is 9.37. The zero-order valence-electron chi connectivity index (χ0n) is 8.49. The Bertz CT molecular complexity index is 379. The van der Waals surface area contributed by atoms with E-state index in [4.69, 9.17) is 0 Å². The third-order valence-corrected chi connectivity index (χ3v) is 1.77. The summed E-state index contributed by atoms with van der Waals surface area (Å²) in [6.07, 6.45) is 0. The van der Waals surface area contributed by atoms with E-state index >= 15 is 0 Å². The van der Waals surface area contributed by atoms with Crippen molar-refractivity contribution in [3.05, 3.63) is 42.5 Å². The molecule has 2 aromatic rings. The standard InChI is InChI=1S/C10H8O.C2H6.U/c11-10-7-3-5-8-4-1-2-6-9(8)10;1-2;/h1-7,11H;1-2H3;. The zero-order chi connectivity index (χ0) is 9.68. The molecule has 0 bridgehead atoms. The molecule has 0 radical (unpaired) electrons. The van der Waals surface area contributed by atoms with Crippen molar-refractivity contribution in [3.63, 3.8) is 0 Å². The van der Waals surface area contributed by atoms with Gasteiger partial charge in [0.05, 0.1) is 0 Å². The van der Waals surface area contributed by atoms with E-state index in [2.05, 4.69) is 0 Å². The van der Waals surface area contributed by atoms with Gasteiger partial charge >= 0.3 is 0 Å². The summed E-state index contributed by atoms with van der Waals surface area (Å²) in [7, 11) is 0. The van der Waals surface area contributed by atoms with Crippen molar-refractivity contribution in [2.45, 2.75) is 13.8 Å². The van der Waals surface area contributed by atoms with Crippen LogP contribution in [0.1, 0.15) is 13.8 Å². The Morgan fingerprint density at radius 3 is 2.07 bits per heavy atom. The molecule has 0 heterocycles. The van der Waals surface area contributed by atoms with Crippen LogP contribution in [0.3, 0.4) is 0 Å². The number of phenolic OH excluding ortho intramolecular Hbond substituents is 1. The third-order valence-electron chi connectivity index (χ3n) is 1.77. The second-order valence-corrected chi connectivity index (χ2v) is 2.50. The molecular weight excluding hydrogens is 398 g/mol. The summed E-state index contributed by atoms with van der Waals surface area (Å²) in [5, 5.41) is 11.4. The quantitative estimate of drug-likeness (QED) is 0.702. The molecule has 0 aliphatic rings. The van der Waals surface area contributed by atoms with Gasteiger partial charge in [0.2, 0.25) is 0 Å². The summed E-state index contributed by atoms with van der Waals surface area (Å²) in [6, 6.07) is 13.3. The molecule has 0 saturated carbocycles. The van der Waals surface area contributed by atoms with Gasteiger partial charge in [-0.1, -0.05) is 50.2 Å². The van der Waals surface area contributed by atoms with Gasteiger partial charge in [0.25, 0.3) is 0 Å². The SMILES string of the molecule is CC.Oc1cccc2ccccc12.[U]. The van der Waals surface area contributed by atoms with Crippen LogP contribution in [0, 0.1) is 31.1 Å². The van der Waals surface area contributed by atoms with Gasteiger partial charge in [-0.05, 0) is 11.5 Å². The van der Waals surface area contributed by atoms with Gasteiger partial charge in [0.1, 0.15) is 5.75 Å². The Balaban J connectivity index is 0.000000531. The second kappa shape index (κ2) is 6.93. The fraction of sp³-hybridized carbons (Fsp3) is 0.167. The summed E-state index contributed by atoms with van der Waals surface area (Å²) in [6.45, 7) is 4.00. The predicted molar refractivity (Wildman–Crippen MR) is 57.0 cm³/mol. The van der Waals surface area contributed by atoms with Crippen LogP contribution in [0.5, 0.6) is 5.75 Å². The minimum Gasteiger partial charge on any atom is -0.507 e. The number of hydrogen-bond acceptors (Lipinski definition) is 1. The smallest absolute Gasteiger partial charge is 0.123 e. The molecule has 14 heavy (non-hydrogen) atoms. The van der Waals surface area contributed by atoms with Crippen molar-refractivity contribution in [1.82, 2.24) is 0 Å². The Hall–Kier alpha value is -0.448. The number of phenols is 1. The topological polar surface area (TPSA) is 20.2 Å². The molecular formula is C12H14OU. The van der Waals surface area contributed by atoms with Crippen molar-refractivity contribution >= 4 is 10.8 Å². The average Bonchev–Trinajstić information content (AvgIpc) is 2.22. The Morgan fingerprint density at radius 1 is 0.857 bits per heavy atom. The van der Waals surface area contributed by atoms with Gasteiger partial charge in [-0.15, -0.1) is 0 Å². The van der Waals surface area contributed by atoms with E-state index in [0.717, 1.165) is 10.8 Å². The zero-order valence-corrected chi connectivity index (χ0v) is 12.7. The van der Waals surface area contributed by atoms with Gasteiger partial charge < -0.3 is 5.11 Å². The summed E-state index contributed by atoms with van der Waals surface area (Å²) in [5.41, 5.74) is 0. The van der Waals surface area contributed by atoms with Gasteiger partial charge in [-0.2, -0.15) is 0 Å². The Morgan fingerprint density at radius 2 is 1.43 bits per heavy atom. The summed E-state index contributed by atoms with van der Waals surface area (Å²) >= 11 is 0. The van der Waals surface area contributed by atoms with Crippen molar-refractivity contribution in [2.24, 2.45) is 0 Å².